The van der Waals surface area contributed by atoms with Crippen molar-refractivity contribution in [1.82, 2.24) is 0 Å². The van der Waals surface area contributed by atoms with Crippen LogP contribution in [0.15, 0.2) is 146 Å². The van der Waals surface area contributed by atoms with Gasteiger partial charge in [0.1, 0.15) is 13.2 Å². The topological polar surface area (TPSA) is 108 Å². The normalized spacial score (nSPS) is 13.7. The third kappa shape index (κ3) is 62.6. The van der Waals surface area contributed by atoms with Gasteiger partial charge in [0.05, 0.1) is 34.4 Å². The lowest BCUT2D eigenvalue weighted by molar-refractivity contribution is -0.870. The smallest absolute Gasteiger partial charge is 0.361 e. The molecular formula is C72H118NO8+. The zero-order valence-corrected chi connectivity index (χ0v) is 52.1. The summed E-state index contributed by atoms with van der Waals surface area (Å²) >= 11 is 0. The second-order valence-corrected chi connectivity index (χ2v) is 22.0. The van der Waals surface area contributed by atoms with Gasteiger partial charge in [-0.25, -0.2) is 4.79 Å². The van der Waals surface area contributed by atoms with E-state index in [2.05, 4.69) is 160 Å². The first kappa shape index (κ1) is 76.2. The van der Waals surface area contributed by atoms with E-state index in [9.17, 15) is 19.5 Å². The summed E-state index contributed by atoms with van der Waals surface area (Å²) in [6.07, 6.45) is 86.5. The molecule has 0 aromatic carbocycles. The number of unbranched alkanes of at least 4 members (excludes halogenated alkanes) is 18. The van der Waals surface area contributed by atoms with Crippen LogP contribution in [0.2, 0.25) is 0 Å². The van der Waals surface area contributed by atoms with E-state index in [4.69, 9.17) is 18.9 Å². The van der Waals surface area contributed by atoms with Crippen molar-refractivity contribution in [3.8, 4) is 0 Å². The number of rotatable bonds is 57. The van der Waals surface area contributed by atoms with Crippen LogP contribution in [0, 0.1) is 0 Å². The van der Waals surface area contributed by atoms with Crippen LogP contribution in [0.4, 0.5) is 0 Å². The Balaban J connectivity index is 4.26. The number of ether oxygens (including phenoxy) is 4. The van der Waals surface area contributed by atoms with Gasteiger partial charge in [-0.2, -0.15) is 0 Å². The molecule has 0 aromatic heterocycles. The number of aliphatic carboxylic acids is 1. The number of carboxylic acid groups (broad SMARTS) is 1. The zero-order valence-electron chi connectivity index (χ0n) is 52.1. The highest BCUT2D eigenvalue weighted by molar-refractivity contribution is 5.71. The fourth-order valence-corrected chi connectivity index (χ4v) is 8.26. The van der Waals surface area contributed by atoms with E-state index in [1.807, 2.05) is 21.1 Å². The van der Waals surface area contributed by atoms with Crippen molar-refractivity contribution in [2.45, 2.75) is 245 Å². The molecule has 0 bridgehead atoms. The van der Waals surface area contributed by atoms with Crippen molar-refractivity contribution in [3.63, 3.8) is 0 Å². The second-order valence-electron chi connectivity index (χ2n) is 22.0. The number of carbonyl (C=O) groups excluding carboxylic acids is 2. The van der Waals surface area contributed by atoms with Gasteiger partial charge in [-0.05, 0) is 116 Å². The molecule has 2 atom stereocenters. The maximum atomic E-state index is 12.9. The maximum absolute atomic E-state index is 12.9. The minimum absolute atomic E-state index is 0.175. The largest absolute Gasteiger partial charge is 0.477 e. The molecule has 9 nitrogen and oxygen atoms in total. The highest BCUT2D eigenvalue weighted by Crippen LogP contribution is 2.15. The number of esters is 2. The van der Waals surface area contributed by atoms with Crippen LogP contribution in [0.25, 0.3) is 0 Å². The summed E-state index contributed by atoms with van der Waals surface area (Å²) in [4.78, 5) is 37.6. The van der Waals surface area contributed by atoms with Gasteiger partial charge in [0.25, 0.3) is 6.29 Å². The lowest BCUT2D eigenvalue weighted by Gasteiger charge is -2.25. The lowest BCUT2D eigenvalue weighted by atomic mass is 10.0. The molecule has 1 N–H and O–H groups in total. The molecule has 0 spiro atoms. The van der Waals surface area contributed by atoms with Crippen molar-refractivity contribution in [3.05, 3.63) is 146 Å². The van der Waals surface area contributed by atoms with Gasteiger partial charge >= 0.3 is 17.9 Å². The molecule has 0 radical (unpaired) electrons. The van der Waals surface area contributed by atoms with E-state index in [0.29, 0.717) is 17.4 Å². The monoisotopic (exact) mass is 1120 g/mol. The van der Waals surface area contributed by atoms with Gasteiger partial charge in [-0.1, -0.05) is 250 Å². The molecule has 9 heteroatoms. The Morgan fingerprint density at radius 3 is 0.988 bits per heavy atom. The van der Waals surface area contributed by atoms with E-state index in [0.717, 1.165) is 128 Å². The zero-order chi connectivity index (χ0) is 59.1. The fraction of sp³-hybridized carbons (Fsp3) is 0.625. The predicted octanol–water partition coefficient (Wildman–Crippen LogP) is 19.6. The molecule has 458 valence electrons. The first-order valence-corrected chi connectivity index (χ1v) is 32.0. The van der Waals surface area contributed by atoms with E-state index in [1.54, 1.807) is 0 Å². The quantitative estimate of drug-likeness (QED) is 0.0211. The van der Waals surface area contributed by atoms with Crippen LogP contribution in [0.3, 0.4) is 0 Å². The summed E-state index contributed by atoms with van der Waals surface area (Å²) in [7, 11) is 5.95. The van der Waals surface area contributed by atoms with Crippen LogP contribution in [0.1, 0.15) is 232 Å². The van der Waals surface area contributed by atoms with Crippen LogP contribution in [-0.4, -0.2) is 87.4 Å². The Labute approximate surface area is 496 Å². The Morgan fingerprint density at radius 2 is 0.667 bits per heavy atom. The lowest BCUT2D eigenvalue weighted by Crippen LogP contribution is -2.40. The molecule has 2 unspecified atom stereocenters. The molecule has 0 saturated heterocycles. The summed E-state index contributed by atoms with van der Waals surface area (Å²) < 4.78 is 22.9. The molecule has 81 heavy (non-hydrogen) atoms. The van der Waals surface area contributed by atoms with Crippen molar-refractivity contribution in [1.29, 1.82) is 0 Å². The van der Waals surface area contributed by atoms with Crippen molar-refractivity contribution in [2.24, 2.45) is 0 Å². The third-order valence-corrected chi connectivity index (χ3v) is 13.1. The molecule has 0 rings (SSSR count). The highest BCUT2D eigenvalue weighted by atomic mass is 16.7. The minimum atomic E-state index is -1.53. The van der Waals surface area contributed by atoms with Gasteiger partial charge in [-0.15, -0.1) is 0 Å². The summed E-state index contributed by atoms with van der Waals surface area (Å²) in [6, 6.07) is 0. The van der Waals surface area contributed by atoms with E-state index in [-0.39, 0.29) is 38.6 Å². The third-order valence-electron chi connectivity index (χ3n) is 13.1. The fourth-order valence-electron chi connectivity index (χ4n) is 8.26. The Hall–Kier alpha value is -4.83. The van der Waals surface area contributed by atoms with Crippen LogP contribution >= 0.6 is 0 Å². The van der Waals surface area contributed by atoms with Gasteiger partial charge in [0.2, 0.25) is 0 Å². The molecule has 0 aromatic rings. The molecule has 0 aliphatic heterocycles. The first-order chi connectivity index (χ1) is 39.6. The second kappa shape index (κ2) is 61.2. The summed E-state index contributed by atoms with van der Waals surface area (Å²) in [5, 5.41) is 9.73. The highest BCUT2D eigenvalue weighted by Gasteiger charge is 2.25. The molecule has 0 aliphatic carbocycles. The average Bonchev–Trinajstić information content (AvgIpc) is 3.44. The molecule has 0 saturated carbocycles. The van der Waals surface area contributed by atoms with Crippen LogP contribution in [0.5, 0.6) is 0 Å². The molecular weight excluding hydrogens is 1010 g/mol. The summed E-state index contributed by atoms with van der Waals surface area (Å²) in [5.41, 5.74) is 0. The number of nitrogens with zero attached hydrogens (tertiary/aromatic N) is 1. The van der Waals surface area contributed by atoms with Gasteiger partial charge in [0.15, 0.2) is 6.10 Å². The van der Waals surface area contributed by atoms with Gasteiger partial charge < -0.3 is 28.5 Å². The number of allylic oxidation sites excluding steroid dienone is 24. The van der Waals surface area contributed by atoms with Gasteiger partial charge in [-0.3, -0.25) is 9.59 Å². The standard InChI is InChI=1S/C72H117NO8/c1-6-8-10-12-14-16-18-20-22-24-26-28-30-32-34-35-37-38-40-42-44-46-48-50-52-54-56-58-60-62-69(74)79-66-68(67-80-72(71(76)77)78-65-64-73(3,4)5)81-70(75)63-61-59-57-55-53-51-49-47-45-43-41-39-36-33-31-29-27-25-23-21-19-17-15-13-11-9-7-2/h8-11,14-17,20-23,26-29,32-34,36,41,43,47,49,68,72H,6-7,12-13,18-19,24-25,30-31,35,37-40,42,44-46,48,50-67H2,1-5H3/p+1/b10-8-,11-9-,16-14-,17-15-,22-20-,23-21-,28-26-,29-27-,34-32-,36-33-,43-41-,49-47-. The minimum Gasteiger partial charge on any atom is -0.477 e. The van der Waals surface area contributed by atoms with Crippen molar-refractivity contribution in [2.75, 3.05) is 47.5 Å². The Morgan fingerprint density at radius 1 is 0.370 bits per heavy atom. The van der Waals surface area contributed by atoms with Crippen LogP contribution < -0.4 is 0 Å². The number of carboxylic acids is 1. The summed E-state index contributed by atoms with van der Waals surface area (Å²) in [5.74, 6) is -2.05. The van der Waals surface area contributed by atoms with Crippen molar-refractivity contribution >= 4 is 17.9 Å². The van der Waals surface area contributed by atoms with Crippen molar-refractivity contribution < 1.29 is 42.9 Å². The van der Waals surface area contributed by atoms with E-state index >= 15 is 0 Å². The number of carbonyl (C=O) groups is 3. The van der Waals surface area contributed by atoms with Gasteiger partial charge in [0, 0.05) is 12.8 Å². The number of hydrogen-bond acceptors (Lipinski definition) is 7. The molecule has 0 aliphatic rings. The molecule has 0 amide bonds. The van der Waals surface area contributed by atoms with E-state index in [1.165, 1.54) is 70.6 Å². The molecule has 0 fully saturated rings. The maximum Gasteiger partial charge on any atom is 0.361 e. The Bertz CT molecular complexity index is 1840. The number of likely N-dealkylation sites (N-methyl/N-ethyl adjacent to an activating group) is 1. The number of hydrogen-bond donors (Lipinski definition) is 1. The summed E-state index contributed by atoms with van der Waals surface area (Å²) in [6.45, 7) is 4.61. The average molecular weight is 1130 g/mol. The molecule has 0 heterocycles. The predicted molar refractivity (Wildman–Crippen MR) is 345 cm³/mol. The first-order valence-electron chi connectivity index (χ1n) is 32.0. The SMILES string of the molecule is CC/C=C\C/C=C\C/C=C\C/C=C\C/C=C\C/C=C\C/C=C\CCCCCCCC(=O)OC(COC(=O)CCCCCCCCCCCCCCC/C=C\C/C=C\C/C=C\C/C=C\C/C=C\CC)COC(OCC[N+](C)(C)C)C(=O)O. The van der Waals surface area contributed by atoms with Crippen LogP contribution in [-0.2, 0) is 33.3 Å². The van der Waals surface area contributed by atoms with E-state index < -0.39 is 24.3 Å². The Kier molecular flexibility index (Phi) is 57.6. The number of quaternary nitrogens is 1.